The van der Waals surface area contributed by atoms with Crippen molar-refractivity contribution in [2.24, 2.45) is 0 Å². The molecule has 1 aromatic carbocycles. The summed E-state index contributed by atoms with van der Waals surface area (Å²) in [5.41, 5.74) is 1.85. The molecular formula is C18H26O2S2. The van der Waals surface area contributed by atoms with E-state index in [-0.39, 0.29) is 5.78 Å². The molecule has 0 aliphatic rings. The average molecular weight is 339 g/mol. The summed E-state index contributed by atoms with van der Waals surface area (Å²) in [6, 6.07) is 7.78. The topological polar surface area (TPSA) is 26.3 Å². The predicted octanol–water partition coefficient (Wildman–Crippen LogP) is 5.63. The van der Waals surface area contributed by atoms with Gasteiger partial charge in [0.2, 0.25) is 0 Å². The number of unbranched alkanes of at least 4 members (excludes halogenated alkanes) is 3. The van der Waals surface area contributed by atoms with E-state index >= 15 is 0 Å². The Labute approximate surface area is 143 Å². The van der Waals surface area contributed by atoms with Gasteiger partial charge in [-0.15, -0.1) is 23.5 Å². The number of ketones is 1. The molecule has 0 aliphatic heterocycles. The van der Waals surface area contributed by atoms with Gasteiger partial charge in [0, 0.05) is 12.0 Å². The molecule has 2 nitrogen and oxygen atoms in total. The lowest BCUT2D eigenvalue weighted by Crippen LogP contribution is -2.04. The van der Waals surface area contributed by atoms with Gasteiger partial charge < -0.3 is 4.74 Å². The summed E-state index contributed by atoms with van der Waals surface area (Å²) >= 11 is 3.29. The highest BCUT2D eigenvalue weighted by atomic mass is 32.2. The highest BCUT2D eigenvalue weighted by molar-refractivity contribution is 8.22. The van der Waals surface area contributed by atoms with E-state index < -0.39 is 0 Å². The van der Waals surface area contributed by atoms with Gasteiger partial charge in [-0.1, -0.05) is 38.3 Å². The quantitative estimate of drug-likeness (QED) is 0.408. The molecule has 1 aromatic rings. The first-order chi connectivity index (χ1) is 10.7. The van der Waals surface area contributed by atoms with Crippen molar-refractivity contribution in [2.75, 3.05) is 19.6 Å². The van der Waals surface area contributed by atoms with E-state index in [2.05, 4.69) is 6.92 Å². The third-order valence-corrected chi connectivity index (χ3v) is 5.64. The summed E-state index contributed by atoms with van der Waals surface area (Å²) in [4.78, 5) is 12.7. The standard InChI is InChI=1S/C18H26O2S2/c1-5-6-7-8-9-16(19)17(18(21-3)22-4)14-10-12-15(20-2)13-11-14/h10-13H,5-9H2,1-4H3. The minimum Gasteiger partial charge on any atom is -0.497 e. The van der Waals surface area contributed by atoms with Gasteiger partial charge in [-0.2, -0.15) is 0 Å². The zero-order chi connectivity index (χ0) is 16.4. The largest absolute Gasteiger partial charge is 0.497 e. The van der Waals surface area contributed by atoms with Crippen molar-refractivity contribution in [3.8, 4) is 5.75 Å². The van der Waals surface area contributed by atoms with E-state index in [1.807, 2.05) is 36.8 Å². The fourth-order valence-electron chi connectivity index (χ4n) is 2.28. The van der Waals surface area contributed by atoms with Crippen LogP contribution in [0.15, 0.2) is 28.5 Å². The third-order valence-electron chi connectivity index (χ3n) is 3.49. The average Bonchev–Trinajstić information content (AvgIpc) is 2.56. The molecule has 0 spiro atoms. The molecule has 0 aliphatic carbocycles. The number of hydrogen-bond donors (Lipinski definition) is 0. The first-order valence-electron chi connectivity index (χ1n) is 7.67. The Morgan fingerprint density at radius 2 is 1.68 bits per heavy atom. The number of allylic oxidation sites excluding steroid dienone is 1. The van der Waals surface area contributed by atoms with E-state index in [1.165, 1.54) is 12.8 Å². The lowest BCUT2D eigenvalue weighted by atomic mass is 9.99. The zero-order valence-electron chi connectivity index (χ0n) is 14.0. The van der Waals surface area contributed by atoms with Crippen LogP contribution in [0.3, 0.4) is 0 Å². The lowest BCUT2D eigenvalue weighted by molar-refractivity contribution is -0.113. The summed E-state index contributed by atoms with van der Waals surface area (Å²) in [6.45, 7) is 2.18. The fraction of sp³-hybridized carbons (Fsp3) is 0.500. The Bertz CT molecular complexity index is 486. The predicted molar refractivity (Wildman–Crippen MR) is 101 cm³/mol. The van der Waals surface area contributed by atoms with Crippen LogP contribution >= 0.6 is 23.5 Å². The number of ether oxygens (including phenoxy) is 1. The molecule has 122 valence electrons. The van der Waals surface area contributed by atoms with Crippen LogP contribution in [0.2, 0.25) is 0 Å². The van der Waals surface area contributed by atoms with Crippen molar-refractivity contribution in [1.82, 2.24) is 0 Å². The molecule has 0 amide bonds. The summed E-state index contributed by atoms with van der Waals surface area (Å²) < 4.78 is 6.29. The number of thioether (sulfide) groups is 2. The number of rotatable bonds is 10. The molecule has 0 unspecified atom stereocenters. The van der Waals surface area contributed by atoms with Gasteiger partial charge in [0.15, 0.2) is 5.78 Å². The van der Waals surface area contributed by atoms with Crippen molar-refractivity contribution in [2.45, 2.75) is 39.0 Å². The van der Waals surface area contributed by atoms with Gasteiger partial charge in [0.25, 0.3) is 0 Å². The van der Waals surface area contributed by atoms with Crippen molar-refractivity contribution in [3.63, 3.8) is 0 Å². The molecule has 0 saturated heterocycles. The van der Waals surface area contributed by atoms with Crippen LogP contribution < -0.4 is 4.74 Å². The molecule has 0 saturated carbocycles. The molecule has 0 bridgehead atoms. The fourth-order valence-corrected chi connectivity index (χ4v) is 3.81. The highest BCUT2D eigenvalue weighted by Crippen LogP contribution is 2.35. The summed E-state index contributed by atoms with van der Waals surface area (Å²) in [6.07, 6.45) is 9.18. The first kappa shape index (κ1) is 19.2. The second kappa shape index (κ2) is 10.8. The van der Waals surface area contributed by atoms with Gasteiger partial charge in [-0.25, -0.2) is 0 Å². The van der Waals surface area contributed by atoms with Crippen molar-refractivity contribution in [1.29, 1.82) is 0 Å². The van der Waals surface area contributed by atoms with Crippen LogP contribution in [0.5, 0.6) is 5.75 Å². The minimum atomic E-state index is 0.250. The van der Waals surface area contributed by atoms with Gasteiger partial charge >= 0.3 is 0 Å². The Morgan fingerprint density at radius 1 is 1.05 bits per heavy atom. The van der Waals surface area contributed by atoms with Crippen LogP contribution in [-0.4, -0.2) is 25.4 Å². The van der Waals surface area contributed by atoms with Crippen LogP contribution in [-0.2, 0) is 4.79 Å². The van der Waals surface area contributed by atoms with E-state index in [0.29, 0.717) is 6.42 Å². The van der Waals surface area contributed by atoms with E-state index in [4.69, 9.17) is 4.74 Å². The number of carbonyl (C=O) groups is 1. The summed E-state index contributed by atoms with van der Waals surface area (Å²) in [5, 5.41) is 0. The highest BCUT2D eigenvalue weighted by Gasteiger charge is 2.17. The first-order valence-corrected chi connectivity index (χ1v) is 10.1. The molecule has 1 rings (SSSR count). The molecule has 0 N–H and O–H groups in total. The maximum atomic E-state index is 12.7. The zero-order valence-corrected chi connectivity index (χ0v) is 15.6. The molecule has 4 heteroatoms. The molecule has 0 fully saturated rings. The number of Topliss-reactive ketones (excluding diaryl/α,β-unsaturated/α-hetero) is 1. The summed E-state index contributed by atoms with van der Waals surface area (Å²) in [7, 11) is 1.65. The maximum Gasteiger partial charge on any atom is 0.165 e. The van der Waals surface area contributed by atoms with Crippen molar-refractivity contribution < 1.29 is 9.53 Å². The van der Waals surface area contributed by atoms with E-state index in [1.54, 1.807) is 30.6 Å². The van der Waals surface area contributed by atoms with E-state index in [0.717, 1.165) is 34.0 Å². The maximum absolute atomic E-state index is 12.7. The number of hydrogen-bond acceptors (Lipinski definition) is 4. The Balaban J connectivity index is 2.98. The lowest BCUT2D eigenvalue weighted by Gasteiger charge is -2.12. The second-order valence-electron chi connectivity index (χ2n) is 5.03. The number of carbonyl (C=O) groups excluding carboxylic acids is 1. The molecular weight excluding hydrogens is 312 g/mol. The molecule has 0 radical (unpaired) electrons. The Hall–Kier alpha value is -0.870. The van der Waals surface area contributed by atoms with Gasteiger partial charge in [0.1, 0.15) is 5.75 Å². The summed E-state index contributed by atoms with van der Waals surface area (Å²) in [5.74, 6) is 1.06. The van der Waals surface area contributed by atoms with Crippen LogP contribution in [0, 0.1) is 0 Å². The Morgan fingerprint density at radius 3 is 2.18 bits per heavy atom. The minimum absolute atomic E-state index is 0.250. The van der Waals surface area contributed by atoms with Crippen LogP contribution in [0.25, 0.3) is 5.57 Å². The third kappa shape index (κ3) is 5.73. The Kier molecular flexibility index (Phi) is 9.41. The molecule has 0 aromatic heterocycles. The van der Waals surface area contributed by atoms with Gasteiger partial charge in [-0.3, -0.25) is 4.79 Å². The number of methoxy groups -OCH3 is 1. The van der Waals surface area contributed by atoms with Crippen molar-refractivity contribution >= 4 is 34.9 Å². The SMILES string of the molecule is CCCCCCC(=O)C(=C(SC)SC)c1ccc(OC)cc1. The molecule has 22 heavy (non-hydrogen) atoms. The normalized spacial score (nSPS) is 10.4. The van der Waals surface area contributed by atoms with Crippen LogP contribution in [0.1, 0.15) is 44.6 Å². The van der Waals surface area contributed by atoms with Crippen LogP contribution in [0.4, 0.5) is 0 Å². The van der Waals surface area contributed by atoms with Gasteiger partial charge in [-0.05, 0) is 36.6 Å². The monoisotopic (exact) mass is 338 g/mol. The smallest absolute Gasteiger partial charge is 0.165 e. The molecule has 0 heterocycles. The second-order valence-corrected chi connectivity index (χ2v) is 6.92. The number of benzene rings is 1. The molecule has 0 atom stereocenters. The van der Waals surface area contributed by atoms with E-state index in [9.17, 15) is 4.79 Å². The van der Waals surface area contributed by atoms with Crippen molar-refractivity contribution in [3.05, 3.63) is 34.1 Å². The van der Waals surface area contributed by atoms with Gasteiger partial charge in [0.05, 0.1) is 11.3 Å².